The van der Waals surface area contributed by atoms with Gasteiger partial charge in [-0.25, -0.2) is 0 Å². The molecule has 2 nitrogen and oxygen atoms in total. The van der Waals surface area contributed by atoms with Gasteiger partial charge in [-0.3, -0.25) is 0 Å². The van der Waals surface area contributed by atoms with E-state index in [9.17, 15) is 26.3 Å². The Balaban J connectivity index is 2.91. The highest BCUT2D eigenvalue weighted by molar-refractivity contribution is 4.90. The summed E-state index contributed by atoms with van der Waals surface area (Å²) in [5.41, 5.74) is -1.39. The zero-order valence-corrected chi connectivity index (χ0v) is 10.5. The summed E-state index contributed by atoms with van der Waals surface area (Å²) in [6.07, 6.45) is -12.3. The van der Waals surface area contributed by atoms with E-state index < -0.39 is 24.1 Å². The van der Waals surface area contributed by atoms with Crippen LogP contribution in [0.4, 0.5) is 26.3 Å². The van der Waals surface area contributed by atoms with Gasteiger partial charge in [0.25, 0.3) is 0 Å². The minimum absolute atomic E-state index is 0.0182. The summed E-state index contributed by atoms with van der Waals surface area (Å²) in [5.74, 6) is 0. The van der Waals surface area contributed by atoms with E-state index in [4.69, 9.17) is 0 Å². The third-order valence-electron chi connectivity index (χ3n) is 3.23. The molecule has 1 aliphatic carbocycles. The van der Waals surface area contributed by atoms with Gasteiger partial charge >= 0.3 is 12.4 Å². The van der Waals surface area contributed by atoms with E-state index in [0.29, 0.717) is 12.8 Å². The van der Waals surface area contributed by atoms with Crippen LogP contribution in [0.5, 0.6) is 0 Å². The van der Waals surface area contributed by atoms with Crippen molar-refractivity contribution in [1.29, 1.82) is 0 Å². The SMILES string of the molecule is CNCC1(OC(C(F)(F)F)C(F)(F)F)CCCCC1. The van der Waals surface area contributed by atoms with Crippen LogP contribution in [0.1, 0.15) is 32.1 Å². The third-order valence-corrected chi connectivity index (χ3v) is 3.23. The first-order valence-electron chi connectivity index (χ1n) is 6.07. The molecule has 1 saturated carbocycles. The molecule has 1 rings (SSSR count). The molecule has 0 aromatic carbocycles. The average molecular weight is 293 g/mol. The highest BCUT2D eigenvalue weighted by atomic mass is 19.4. The lowest BCUT2D eigenvalue weighted by molar-refractivity contribution is -0.346. The van der Waals surface area contributed by atoms with Gasteiger partial charge in [0.2, 0.25) is 6.10 Å². The largest absolute Gasteiger partial charge is 0.423 e. The molecular formula is C11H17F6NO. The van der Waals surface area contributed by atoms with Gasteiger partial charge in [0, 0.05) is 6.54 Å². The van der Waals surface area contributed by atoms with Crippen molar-refractivity contribution in [2.75, 3.05) is 13.6 Å². The predicted molar refractivity (Wildman–Crippen MR) is 56.7 cm³/mol. The molecule has 0 heterocycles. The monoisotopic (exact) mass is 293 g/mol. The third kappa shape index (κ3) is 4.52. The van der Waals surface area contributed by atoms with Crippen LogP contribution in [0.15, 0.2) is 0 Å². The minimum atomic E-state index is -5.45. The fraction of sp³-hybridized carbons (Fsp3) is 1.00. The fourth-order valence-corrected chi connectivity index (χ4v) is 2.42. The first-order chi connectivity index (χ1) is 8.61. The van der Waals surface area contributed by atoms with Gasteiger partial charge in [-0.1, -0.05) is 19.3 Å². The van der Waals surface area contributed by atoms with Crippen molar-refractivity contribution in [2.45, 2.75) is 56.2 Å². The molecule has 114 valence electrons. The maximum atomic E-state index is 12.5. The fourth-order valence-electron chi connectivity index (χ4n) is 2.42. The molecule has 8 heteroatoms. The molecule has 0 radical (unpaired) electrons. The number of hydrogen-bond donors (Lipinski definition) is 1. The number of likely N-dealkylation sites (N-methyl/N-ethyl adjacent to an activating group) is 1. The number of ether oxygens (including phenoxy) is 1. The van der Waals surface area contributed by atoms with Gasteiger partial charge < -0.3 is 10.1 Å². The van der Waals surface area contributed by atoms with Crippen LogP contribution < -0.4 is 5.32 Å². The van der Waals surface area contributed by atoms with E-state index in [1.807, 2.05) is 0 Å². The first-order valence-corrected chi connectivity index (χ1v) is 6.07. The Morgan fingerprint density at radius 2 is 1.47 bits per heavy atom. The number of rotatable bonds is 4. The van der Waals surface area contributed by atoms with E-state index in [-0.39, 0.29) is 19.4 Å². The lowest BCUT2D eigenvalue weighted by atomic mass is 9.84. The summed E-state index contributed by atoms with van der Waals surface area (Å²) in [6.45, 7) is -0.0182. The van der Waals surface area contributed by atoms with Crippen molar-refractivity contribution in [1.82, 2.24) is 5.32 Å². The smallest absolute Gasteiger partial charge is 0.353 e. The van der Waals surface area contributed by atoms with Crippen molar-refractivity contribution in [3.63, 3.8) is 0 Å². The molecule has 0 aromatic rings. The molecule has 19 heavy (non-hydrogen) atoms. The normalized spacial score (nSPS) is 20.8. The lowest BCUT2D eigenvalue weighted by Crippen LogP contribution is -2.54. The van der Waals surface area contributed by atoms with E-state index in [2.05, 4.69) is 10.1 Å². The van der Waals surface area contributed by atoms with E-state index in [1.54, 1.807) is 0 Å². The summed E-state index contributed by atoms with van der Waals surface area (Å²) in [7, 11) is 1.48. The van der Waals surface area contributed by atoms with Gasteiger partial charge in [0.15, 0.2) is 0 Å². The molecule has 1 aliphatic rings. The first kappa shape index (κ1) is 16.6. The summed E-state index contributed by atoms with van der Waals surface area (Å²) in [6, 6.07) is 0. The molecule has 1 N–H and O–H groups in total. The highest BCUT2D eigenvalue weighted by Gasteiger charge is 2.60. The summed E-state index contributed by atoms with van der Waals surface area (Å²) >= 11 is 0. The van der Waals surface area contributed by atoms with Crippen LogP contribution in [0.2, 0.25) is 0 Å². The zero-order valence-electron chi connectivity index (χ0n) is 10.5. The van der Waals surface area contributed by atoms with E-state index >= 15 is 0 Å². The van der Waals surface area contributed by atoms with Crippen molar-refractivity contribution < 1.29 is 31.1 Å². The minimum Gasteiger partial charge on any atom is -0.353 e. The van der Waals surface area contributed by atoms with Gasteiger partial charge in [0.1, 0.15) is 0 Å². The Bertz CT molecular complexity index is 262. The van der Waals surface area contributed by atoms with Crippen molar-refractivity contribution in [3.05, 3.63) is 0 Å². The highest BCUT2D eigenvalue weighted by Crippen LogP contribution is 2.41. The zero-order chi connectivity index (χ0) is 14.7. The lowest BCUT2D eigenvalue weighted by Gasteiger charge is -2.40. The molecule has 0 saturated heterocycles. The molecule has 0 aliphatic heterocycles. The molecule has 0 bridgehead atoms. The van der Waals surface area contributed by atoms with Crippen molar-refractivity contribution in [3.8, 4) is 0 Å². The summed E-state index contributed by atoms with van der Waals surface area (Å²) in [5, 5.41) is 2.63. The van der Waals surface area contributed by atoms with E-state index in [1.165, 1.54) is 7.05 Å². The van der Waals surface area contributed by atoms with Crippen LogP contribution >= 0.6 is 0 Å². The summed E-state index contributed by atoms with van der Waals surface area (Å²) < 4.78 is 79.6. The second-order valence-corrected chi connectivity index (χ2v) is 4.86. The maximum absolute atomic E-state index is 12.5. The average Bonchev–Trinajstić information content (AvgIpc) is 2.25. The van der Waals surface area contributed by atoms with Crippen molar-refractivity contribution in [2.24, 2.45) is 0 Å². The van der Waals surface area contributed by atoms with Gasteiger partial charge in [-0.05, 0) is 19.9 Å². The van der Waals surface area contributed by atoms with Gasteiger partial charge in [-0.2, -0.15) is 26.3 Å². The Kier molecular flexibility index (Phi) is 5.11. The number of halogens is 6. The van der Waals surface area contributed by atoms with Gasteiger partial charge in [-0.15, -0.1) is 0 Å². The van der Waals surface area contributed by atoms with Crippen LogP contribution in [0.3, 0.4) is 0 Å². The summed E-state index contributed by atoms with van der Waals surface area (Å²) in [4.78, 5) is 0. The Labute approximate surface area is 107 Å². The van der Waals surface area contributed by atoms with Gasteiger partial charge in [0.05, 0.1) is 5.60 Å². The topological polar surface area (TPSA) is 21.3 Å². The maximum Gasteiger partial charge on any atom is 0.423 e. The predicted octanol–water partition coefficient (Wildman–Crippen LogP) is 3.42. The van der Waals surface area contributed by atoms with E-state index in [0.717, 1.165) is 6.42 Å². The molecular weight excluding hydrogens is 276 g/mol. The molecule has 0 aromatic heterocycles. The van der Waals surface area contributed by atoms with Crippen LogP contribution in [-0.2, 0) is 4.74 Å². The van der Waals surface area contributed by atoms with Crippen molar-refractivity contribution >= 4 is 0 Å². The molecule has 0 atom stereocenters. The number of nitrogens with one attached hydrogen (secondary N) is 1. The van der Waals surface area contributed by atoms with Crippen LogP contribution in [0, 0.1) is 0 Å². The molecule has 1 fully saturated rings. The molecule has 0 spiro atoms. The number of alkyl halides is 6. The van der Waals surface area contributed by atoms with Crippen LogP contribution in [-0.4, -0.2) is 37.7 Å². The Morgan fingerprint density at radius 1 is 1.00 bits per heavy atom. The Hall–Kier alpha value is -0.500. The standard InChI is InChI=1S/C11H17F6NO/c1-18-7-9(5-3-2-4-6-9)19-8(10(12,13)14)11(15,16)17/h8,18H,2-7H2,1H3. The quantitative estimate of drug-likeness (QED) is 0.802. The second-order valence-electron chi connectivity index (χ2n) is 4.86. The Morgan fingerprint density at radius 3 is 1.84 bits per heavy atom. The second kappa shape index (κ2) is 5.87. The molecule has 0 amide bonds. The number of hydrogen-bond acceptors (Lipinski definition) is 2. The molecule has 0 unspecified atom stereocenters. The van der Waals surface area contributed by atoms with Crippen LogP contribution in [0.25, 0.3) is 0 Å².